The minimum atomic E-state index is -3.58. The van der Waals surface area contributed by atoms with Crippen LogP contribution in [0.2, 0.25) is 0 Å². The number of rotatable bonds is 6. The average Bonchev–Trinajstić information content (AvgIpc) is 3.12. The van der Waals surface area contributed by atoms with Crippen LogP contribution < -0.4 is 10.0 Å². The normalized spacial score (nSPS) is 11.5. The van der Waals surface area contributed by atoms with E-state index in [4.69, 9.17) is 0 Å². The molecule has 0 aliphatic heterocycles. The molecule has 0 atom stereocenters. The SMILES string of the molecule is Cc1ccc(NS(=O)(=O)C(C)C)c(C(=O)Nc2nc(-c3ccc(Br)cc3)cs2)c1. The van der Waals surface area contributed by atoms with Crippen LogP contribution in [0.4, 0.5) is 10.8 Å². The smallest absolute Gasteiger partial charge is 0.259 e. The fraction of sp³-hybridized carbons (Fsp3) is 0.200. The number of sulfonamides is 1. The van der Waals surface area contributed by atoms with Gasteiger partial charge in [0.2, 0.25) is 10.0 Å². The Hall–Kier alpha value is -2.23. The first-order chi connectivity index (χ1) is 13.7. The Morgan fingerprint density at radius 2 is 1.83 bits per heavy atom. The van der Waals surface area contributed by atoms with Gasteiger partial charge in [-0.25, -0.2) is 13.4 Å². The van der Waals surface area contributed by atoms with Crippen LogP contribution >= 0.6 is 27.3 Å². The van der Waals surface area contributed by atoms with Crippen LogP contribution in [0.5, 0.6) is 0 Å². The highest BCUT2D eigenvalue weighted by molar-refractivity contribution is 9.10. The summed E-state index contributed by atoms with van der Waals surface area (Å²) in [6.45, 7) is 5.00. The lowest BCUT2D eigenvalue weighted by Crippen LogP contribution is -2.24. The first-order valence-corrected chi connectivity index (χ1v) is 12.0. The number of halogens is 1. The van der Waals surface area contributed by atoms with Crippen molar-refractivity contribution in [3.05, 3.63) is 63.4 Å². The molecule has 0 unspecified atom stereocenters. The third-order valence-electron chi connectivity index (χ3n) is 4.16. The van der Waals surface area contributed by atoms with Gasteiger partial charge in [0.25, 0.3) is 5.91 Å². The van der Waals surface area contributed by atoms with Gasteiger partial charge in [0.1, 0.15) is 0 Å². The van der Waals surface area contributed by atoms with Gasteiger partial charge in [-0.2, -0.15) is 0 Å². The van der Waals surface area contributed by atoms with Crippen molar-refractivity contribution in [2.75, 3.05) is 10.0 Å². The molecule has 0 radical (unpaired) electrons. The second-order valence-corrected chi connectivity index (χ2v) is 10.8. The van der Waals surface area contributed by atoms with Crippen molar-refractivity contribution in [2.24, 2.45) is 0 Å². The van der Waals surface area contributed by atoms with Crippen molar-refractivity contribution in [2.45, 2.75) is 26.0 Å². The summed E-state index contributed by atoms with van der Waals surface area (Å²) < 4.78 is 28.0. The van der Waals surface area contributed by atoms with Crippen LogP contribution in [0.15, 0.2) is 52.3 Å². The molecule has 152 valence electrons. The predicted octanol–water partition coefficient (Wildman–Crippen LogP) is 5.28. The van der Waals surface area contributed by atoms with Crippen molar-refractivity contribution in [1.29, 1.82) is 0 Å². The number of hydrogen-bond donors (Lipinski definition) is 2. The zero-order valence-corrected chi connectivity index (χ0v) is 19.3. The first-order valence-electron chi connectivity index (χ1n) is 8.81. The van der Waals surface area contributed by atoms with Gasteiger partial charge in [0.15, 0.2) is 5.13 Å². The maximum absolute atomic E-state index is 12.8. The lowest BCUT2D eigenvalue weighted by Gasteiger charge is -2.14. The zero-order chi connectivity index (χ0) is 21.2. The van der Waals surface area contributed by atoms with E-state index in [9.17, 15) is 13.2 Å². The van der Waals surface area contributed by atoms with Gasteiger partial charge >= 0.3 is 0 Å². The van der Waals surface area contributed by atoms with Gasteiger partial charge < -0.3 is 0 Å². The number of carbonyl (C=O) groups is 1. The molecule has 3 rings (SSSR count). The number of carbonyl (C=O) groups excluding carboxylic acids is 1. The summed E-state index contributed by atoms with van der Waals surface area (Å²) in [7, 11) is -3.58. The second-order valence-electron chi connectivity index (χ2n) is 6.74. The highest BCUT2D eigenvalue weighted by atomic mass is 79.9. The van der Waals surface area contributed by atoms with Crippen molar-refractivity contribution < 1.29 is 13.2 Å². The van der Waals surface area contributed by atoms with E-state index in [0.29, 0.717) is 5.13 Å². The molecule has 3 aromatic rings. The zero-order valence-electron chi connectivity index (χ0n) is 16.1. The number of thiazole rings is 1. The minimum Gasteiger partial charge on any atom is -0.298 e. The summed E-state index contributed by atoms with van der Waals surface area (Å²) in [5, 5.41) is 4.44. The molecule has 0 saturated heterocycles. The lowest BCUT2D eigenvalue weighted by molar-refractivity contribution is 0.102. The molecule has 0 saturated carbocycles. The van der Waals surface area contributed by atoms with Crippen LogP contribution in [-0.4, -0.2) is 24.6 Å². The lowest BCUT2D eigenvalue weighted by atomic mass is 10.1. The molecule has 6 nitrogen and oxygen atoms in total. The number of amides is 1. The van der Waals surface area contributed by atoms with Gasteiger partial charge in [0, 0.05) is 15.4 Å². The van der Waals surface area contributed by atoms with Crippen molar-refractivity contribution in [1.82, 2.24) is 4.98 Å². The molecule has 2 N–H and O–H groups in total. The minimum absolute atomic E-state index is 0.242. The third-order valence-corrected chi connectivity index (χ3v) is 7.19. The fourth-order valence-electron chi connectivity index (χ4n) is 2.45. The Kier molecular flexibility index (Phi) is 6.40. The largest absolute Gasteiger partial charge is 0.298 e. The van der Waals surface area contributed by atoms with Crippen LogP contribution in [0, 0.1) is 6.92 Å². The Morgan fingerprint density at radius 3 is 2.48 bits per heavy atom. The summed E-state index contributed by atoms with van der Waals surface area (Å²) in [6.07, 6.45) is 0. The van der Waals surface area contributed by atoms with E-state index in [1.807, 2.05) is 36.6 Å². The molecule has 0 aliphatic rings. The summed E-state index contributed by atoms with van der Waals surface area (Å²) in [5.41, 5.74) is 3.02. The Morgan fingerprint density at radius 1 is 1.14 bits per heavy atom. The number of hydrogen-bond acceptors (Lipinski definition) is 5. The molecular weight excluding hydrogens is 474 g/mol. The molecule has 9 heteroatoms. The first kappa shape index (κ1) is 21.5. The van der Waals surface area contributed by atoms with Crippen LogP contribution in [-0.2, 0) is 10.0 Å². The molecule has 29 heavy (non-hydrogen) atoms. The summed E-state index contributed by atoms with van der Waals surface area (Å²) in [4.78, 5) is 17.3. The van der Waals surface area contributed by atoms with Crippen LogP contribution in [0.3, 0.4) is 0 Å². The topological polar surface area (TPSA) is 88.2 Å². The van der Waals surface area contributed by atoms with Gasteiger partial charge in [-0.05, 0) is 45.0 Å². The van der Waals surface area contributed by atoms with E-state index in [1.54, 1.807) is 32.0 Å². The van der Waals surface area contributed by atoms with Crippen molar-refractivity contribution in [3.8, 4) is 11.3 Å². The maximum atomic E-state index is 12.8. The number of benzene rings is 2. The molecule has 0 spiro atoms. The highest BCUT2D eigenvalue weighted by Gasteiger charge is 2.20. The van der Waals surface area contributed by atoms with E-state index in [1.165, 1.54) is 11.3 Å². The van der Waals surface area contributed by atoms with E-state index in [0.717, 1.165) is 21.3 Å². The van der Waals surface area contributed by atoms with Crippen molar-refractivity contribution in [3.63, 3.8) is 0 Å². The molecule has 0 aliphatic carbocycles. The van der Waals surface area contributed by atoms with Crippen molar-refractivity contribution >= 4 is 54.0 Å². The van der Waals surface area contributed by atoms with E-state index in [-0.39, 0.29) is 11.3 Å². The molecule has 1 amide bonds. The van der Waals surface area contributed by atoms with Gasteiger partial charge in [-0.1, -0.05) is 39.7 Å². The van der Waals surface area contributed by atoms with Gasteiger partial charge in [0.05, 0.1) is 22.2 Å². The number of anilines is 2. The van der Waals surface area contributed by atoms with E-state index < -0.39 is 21.2 Å². The molecule has 1 heterocycles. The summed E-state index contributed by atoms with van der Waals surface area (Å²) in [5.74, 6) is -0.424. The van der Waals surface area contributed by atoms with Gasteiger partial charge in [-0.15, -0.1) is 11.3 Å². The second kappa shape index (κ2) is 8.64. The highest BCUT2D eigenvalue weighted by Crippen LogP contribution is 2.27. The molecule has 2 aromatic carbocycles. The number of aromatic nitrogens is 1. The third kappa shape index (κ3) is 5.23. The molecule has 0 bridgehead atoms. The monoisotopic (exact) mass is 493 g/mol. The Labute approximate surface area is 182 Å². The predicted molar refractivity (Wildman–Crippen MR) is 122 cm³/mol. The number of nitrogens with one attached hydrogen (secondary N) is 2. The number of aryl methyl sites for hydroxylation is 1. The molecular formula is C20H20BrN3O3S2. The number of nitrogens with zero attached hydrogens (tertiary/aromatic N) is 1. The molecule has 0 fully saturated rings. The van der Waals surface area contributed by atoms with Gasteiger partial charge in [-0.3, -0.25) is 14.8 Å². The maximum Gasteiger partial charge on any atom is 0.259 e. The van der Waals surface area contributed by atoms with Crippen LogP contribution in [0.25, 0.3) is 11.3 Å². The Bertz CT molecular complexity index is 1140. The Balaban J connectivity index is 1.84. The van der Waals surface area contributed by atoms with E-state index >= 15 is 0 Å². The standard InChI is InChI=1S/C20H20BrN3O3S2/c1-12(2)29(26,27)24-17-9-4-13(3)10-16(17)19(25)23-20-22-18(11-28-20)14-5-7-15(21)8-6-14/h4-12,24H,1-3H3,(H,22,23,25). The molecule has 1 aromatic heterocycles. The average molecular weight is 494 g/mol. The fourth-order valence-corrected chi connectivity index (χ4v) is 4.15. The summed E-state index contributed by atoms with van der Waals surface area (Å²) >= 11 is 4.71. The van der Waals surface area contributed by atoms with Crippen LogP contribution in [0.1, 0.15) is 29.8 Å². The van der Waals surface area contributed by atoms with E-state index in [2.05, 4.69) is 31.0 Å². The summed E-state index contributed by atoms with van der Waals surface area (Å²) in [6, 6.07) is 12.7. The quantitative estimate of drug-likeness (QED) is 0.488.